The number of hydrogen-bond acceptors (Lipinski definition) is 2. The van der Waals surface area contributed by atoms with E-state index >= 15 is 0 Å². The van der Waals surface area contributed by atoms with Crippen molar-refractivity contribution in [1.29, 1.82) is 0 Å². The van der Waals surface area contributed by atoms with Crippen molar-refractivity contribution in [3.63, 3.8) is 0 Å². The first-order valence-corrected chi connectivity index (χ1v) is 20.6. The van der Waals surface area contributed by atoms with Gasteiger partial charge in [0.2, 0.25) is 0 Å². The van der Waals surface area contributed by atoms with Gasteiger partial charge in [-0.25, -0.2) is 0 Å². The second-order valence-corrected chi connectivity index (χ2v) is 15.6. The molecule has 0 aliphatic heterocycles. The molecule has 2 nitrogen and oxygen atoms in total. The molecule has 12 rings (SSSR count). The number of anilines is 3. The van der Waals surface area contributed by atoms with Gasteiger partial charge in [0.05, 0.1) is 11.4 Å². The van der Waals surface area contributed by atoms with Crippen molar-refractivity contribution in [3.05, 3.63) is 224 Å². The molecule has 0 amide bonds. The first kappa shape index (κ1) is 34.1. The van der Waals surface area contributed by atoms with Gasteiger partial charge in [0.1, 0.15) is 11.2 Å². The molecular formula is C58H37NO. The van der Waals surface area contributed by atoms with Crippen molar-refractivity contribution in [1.82, 2.24) is 0 Å². The number of nitrogens with zero attached hydrogens (tertiary/aromatic N) is 1. The molecule has 280 valence electrons. The van der Waals surface area contributed by atoms with Gasteiger partial charge in [-0.1, -0.05) is 182 Å². The monoisotopic (exact) mass is 763 g/mol. The Bertz CT molecular complexity index is 3600. The number of benzene rings is 11. The van der Waals surface area contributed by atoms with E-state index in [0.29, 0.717) is 0 Å². The minimum atomic E-state index is 0.861. The third kappa shape index (κ3) is 5.42. The molecule has 1 aromatic heterocycles. The Balaban J connectivity index is 1.15. The van der Waals surface area contributed by atoms with E-state index in [0.717, 1.165) is 50.1 Å². The van der Waals surface area contributed by atoms with Crippen molar-refractivity contribution in [2.75, 3.05) is 4.90 Å². The van der Waals surface area contributed by atoms with Crippen LogP contribution in [-0.4, -0.2) is 0 Å². The zero-order chi connectivity index (χ0) is 39.6. The minimum Gasteiger partial charge on any atom is -0.456 e. The van der Waals surface area contributed by atoms with Gasteiger partial charge < -0.3 is 9.32 Å². The van der Waals surface area contributed by atoms with Crippen LogP contribution in [0.5, 0.6) is 0 Å². The highest BCUT2D eigenvalue weighted by molar-refractivity contribution is 6.22. The van der Waals surface area contributed by atoms with E-state index in [1.807, 2.05) is 12.1 Å². The predicted molar refractivity (Wildman–Crippen MR) is 255 cm³/mol. The molecule has 1 heterocycles. The minimum absolute atomic E-state index is 0.861. The fraction of sp³-hybridized carbons (Fsp3) is 0. The highest BCUT2D eigenvalue weighted by Crippen LogP contribution is 2.49. The summed E-state index contributed by atoms with van der Waals surface area (Å²) in [6.07, 6.45) is 0. The van der Waals surface area contributed by atoms with E-state index in [-0.39, 0.29) is 0 Å². The largest absolute Gasteiger partial charge is 0.456 e. The van der Waals surface area contributed by atoms with Crippen LogP contribution in [0.1, 0.15) is 0 Å². The second-order valence-electron chi connectivity index (χ2n) is 15.6. The molecule has 0 saturated carbocycles. The molecule has 0 bridgehead atoms. The zero-order valence-corrected chi connectivity index (χ0v) is 32.7. The van der Waals surface area contributed by atoms with Crippen LogP contribution in [0, 0.1) is 0 Å². The number of rotatable bonds is 6. The Kier molecular flexibility index (Phi) is 7.89. The lowest BCUT2D eigenvalue weighted by molar-refractivity contribution is 0.669. The van der Waals surface area contributed by atoms with Crippen LogP contribution in [0.4, 0.5) is 17.1 Å². The van der Waals surface area contributed by atoms with E-state index in [4.69, 9.17) is 4.42 Å². The van der Waals surface area contributed by atoms with E-state index in [2.05, 4.69) is 217 Å². The smallest absolute Gasteiger partial charge is 0.137 e. The van der Waals surface area contributed by atoms with E-state index in [1.54, 1.807) is 0 Å². The van der Waals surface area contributed by atoms with Gasteiger partial charge in [-0.05, 0) is 102 Å². The average molecular weight is 764 g/mol. The van der Waals surface area contributed by atoms with Gasteiger partial charge in [0, 0.05) is 33.5 Å². The Hall–Kier alpha value is -7.94. The summed E-state index contributed by atoms with van der Waals surface area (Å²) >= 11 is 0. The van der Waals surface area contributed by atoms with Crippen LogP contribution >= 0.6 is 0 Å². The van der Waals surface area contributed by atoms with Gasteiger partial charge in [-0.3, -0.25) is 0 Å². The van der Waals surface area contributed by atoms with Crippen LogP contribution in [0.3, 0.4) is 0 Å². The first-order chi connectivity index (χ1) is 29.8. The molecule has 0 radical (unpaired) electrons. The summed E-state index contributed by atoms with van der Waals surface area (Å²) in [7, 11) is 0. The van der Waals surface area contributed by atoms with Gasteiger partial charge in [0.15, 0.2) is 0 Å². The summed E-state index contributed by atoms with van der Waals surface area (Å²) in [6, 6.07) is 81.4. The lowest BCUT2D eigenvalue weighted by Gasteiger charge is -2.29. The fourth-order valence-corrected chi connectivity index (χ4v) is 9.56. The maximum absolute atomic E-state index is 6.53. The topological polar surface area (TPSA) is 16.4 Å². The summed E-state index contributed by atoms with van der Waals surface area (Å²) in [5, 5.41) is 12.0. The summed E-state index contributed by atoms with van der Waals surface area (Å²) in [5.41, 5.74) is 12.1. The van der Waals surface area contributed by atoms with Crippen molar-refractivity contribution >= 4 is 82.1 Å². The molecule has 0 atom stereocenters. The maximum Gasteiger partial charge on any atom is 0.137 e. The van der Waals surface area contributed by atoms with Gasteiger partial charge in [-0.15, -0.1) is 0 Å². The molecule has 11 aromatic carbocycles. The van der Waals surface area contributed by atoms with Crippen molar-refractivity contribution in [3.8, 4) is 33.4 Å². The van der Waals surface area contributed by atoms with Crippen LogP contribution < -0.4 is 4.90 Å². The maximum atomic E-state index is 6.53. The van der Waals surface area contributed by atoms with Crippen LogP contribution in [0.25, 0.3) is 98.4 Å². The van der Waals surface area contributed by atoms with Crippen molar-refractivity contribution in [2.24, 2.45) is 0 Å². The molecule has 0 N–H and O–H groups in total. The molecule has 0 aliphatic rings. The van der Waals surface area contributed by atoms with Crippen molar-refractivity contribution in [2.45, 2.75) is 0 Å². The van der Waals surface area contributed by atoms with Gasteiger partial charge in [0.25, 0.3) is 0 Å². The number of furan rings is 1. The number of fused-ring (bicyclic) bond motifs is 9. The molecule has 2 heteroatoms. The average Bonchev–Trinajstić information content (AvgIpc) is 3.70. The molecule has 0 aliphatic carbocycles. The van der Waals surface area contributed by atoms with Crippen LogP contribution in [0.15, 0.2) is 229 Å². The van der Waals surface area contributed by atoms with E-state index in [1.165, 1.54) is 65.3 Å². The quantitative estimate of drug-likeness (QED) is 0.157. The third-order valence-corrected chi connectivity index (χ3v) is 12.2. The molecule has 12 aromatic rings. The Morgan fingerprint density at radius 2 is 0.833 bits per heavy atom. The fourth-order valence-electron chi connectivity index (χ4n) is 9.56. The summed E-state index contributed by atoms with van der Waals surface area (Å²) in [4.78, 5) is 2.43. The molecule has 60 heavy (non-hydrogen) atoms. The molecule has 0 unspecified atom stereocenters. The first-order valence-electron chi connectivity index (χ1n) is 20.6. The molecule has 0 fully saturated rings. The zero-order valence-electron chi connectivity index (χ0n) is 32.7. The van der Waals surface area contributed by atoms with E-state index in [9.17, 15) is 0 Å². The lowest BCUT2D eigenvalue weighted by atomic mass is 9.84. The summed E-state index contributed by atoms with van der Waals surface area (Å²) in [6.45, 7) is 0. The molecule has 0 spiro atoms. The standard InChI is InChI=1S/C58H37NO/c1-3-17-39(18-4-1)57-51-25-10-9-23-46(51)47-33-31-41(36-52(47)58(57)40-19-5-2-6-20-40)44-22-11-13-27-53(44)59(42-32-35-50-49-24-12-14-29-55(49)60-56(50)37-42)54-28-15-26-45-43-21-8-7-16-38(43)30-34-48(45)54/h1-37H. The SMILES string of the molecule is c1ccc(-c2c(-c3ccccc3)c3cc(-c4ccccc4N(c4ccc5c(c4)oc4ccccc45)c4cccc5c4ccc4ccccc45)ccc3c3ccccc23)cc1. The molecular weight excluding hydrogens is 727 g/mol. The summed E-state index contributed by atoms with van der Waals surface area (Å²) in [5.74, 6) is 0. The van der Waals surface area contributed by atoms with E-state index < -0.39 is 0 Å². The Morgan fingerprint density at radius 3 is 1.65 bits per heavy atom. The molecule has 0 saturated heterocycles. The predicted octanol–water partition coefficient (Wildman–Crippen LogP) is 16.7. The van der Waals surface area contributed by atoms with Gasteiger partial charge in [-0.2, -0.15) is 0 Å². The lowest BCUT2D eigenvalue weighted by Crippen LogP contribution is -2.11. The number of hydrogen-bond donors (Lipinski definition) is 0. The highest BCUT2D eigenvalue weighted by atomic mass is 16.3. The number of para-hydroxylation sites is 2. The van der Waals surface area contributed by atoms with Crippen LogP contribution in [-0.2, 0) is 0 Å². The summed E-state index contributed by atoms with van der Waals surface area (Å²) < 4.78 is 6.53. The highest BCUT2D eigenvalue weighted by Gasteiger charge is 2.23. The Morgan fingerprint density at radius 1 is 0.283 bits per heavy atom. The normalized spacial score (nSPS) is 11.7. The van der Waals surface area contributed by atoms with Gasteiger partial charge >= 0.3 is 0 Å². The Labute approximate surface area is 347 Å². The van der Waals surface area contributed by atoms with Crippen molar-refractivity contribution < 1.29 is 4.42 Å². The second kappa shape index (κ2) is 13.9. The van der Waals surface area contributed by atoms with Crippen LogP contribution in [0.2, 0.25) is 0 Å². The third-order valence-electron chi connectivity index (χ3n) is 12.2.